The van der Waals surface area contributed by atoms with Crippen molar-refractivity contribution in [2.45, 2.75) is 37.8 Å². The molecule has 0 aromatic rings. The van der Waals surface area contributed by atoms with Gasteiger partial charge in [-0.15, -0.1) is 11.6 Å². The van der Waals surface area contributed by atoms with Gasteiger partial charge in [-0.05, 0) is 36.8 Å². The fourth-order valence-electron chi connectivity index (χ4n) is 2.55. The summed E-state index contributed by atoms with van der Waals surface area (Å²) in [5.41, 5.74) is 4.47. The molecule has 0 spiro atoms. The average Bonchev–Trinajstić information content (AvgIpc) is 2.61. The zero-order valence-corrected chi connectivity index (χ0v) is 11.0. The molecule has 0 fully saturated rings. The van der Waals surface area contributed by atoms with E-state index in [0.29, 0.717) is 11.0 Å². The Balaban J connectivity index is 2.24. The highest BCUT2D eigenvalue weighted by Crippen LogP contribution is 2.48. The van der Waals surface area contributed by atoms with Gasteiger partial charge in [0.05, 0.1) is 0 Å². The Hall–Kier alpha value is 0.277. The monoisotopic (exact) mass is 246 g/mol. The van der Waals surface area contributed by atoms with Gasteiger partial charge in [0, 0.05) is 5.50 Å². The molecule has 2 aliphatic rings. The van der Waals surface area contributed by atoms with Gasteiger partial charge in [-0.25, -0.2) is 0 Å². The maximum atomic E-state index is 6.59. The largest absolute Gasteiger partial charge is 0.175 e. The van der Waals surface area contributed by atoms with E-state index in [4.69, 9.17) is 22.7 Å². The average molecular weight is 247 g/mol. The molecular weight excluding hydrogens is 231 g/mol. The molecule has 2 rings (SSSR count). The van der Waals surface area contributed by atoms with Gasteiger partial charge in [0.2, 0.25) is 0 Å². The highest BCUT2D eigenvalue weighted by molar-refractivity contribution is 7.22. The molecule has 0 N–H and O–H groups in total. The summed E-state index contributed by atoms with van der Waals surface area (Å²) < 4.78 is 0. The first kappa shape index (κ1) is 10.8. The Labute approximate surface area is 96.7 Å². The fraction of sp³-hybridized carbons (Fsp3) is 0.636. The second kappa shape index (κ2) is 4.03. The smallest absolute Gasteiger partial charge is 0.165 e. The van der Waals surface area contributed by atoms with Crippen LogP contribution in [0.25, 0.3) is 0 Å². The topological polar surface area (TPSA) is 0 Å². The lowest BCUT2D eigenvalue weighted by molar-refractivity contribution is 0.847. The number of rotatable bonds is 2. The minimum atomic E-state index is -1.72. The lowest BCUT2D eigenvalue weighted by Gasteiger charge is -2.26. The summed E-state index contributed by atoms with van der Waals surface area (Å²) in [5, 5.41) is 0. The summed E-state index contributed by atoms with van der Waals surface area (Å²) in [4.78, 5) is 0. The summed E-state index contributed by atoms with van der Waals surface area (Å²) in [7, 11) is -1.72. The van der Waals surface area contributed by atoms with Crippen LogP contribution in [0.1, 0.15) is 25.7 Å². The molecule has 0 nitrogen and oxygen atoms in total. The Morgan fingerprint density at radius 2 is 2.29 bits per heavy atom. The highest BCUT2D eigenvalue weighted by atomic mass is 35.6. The van der Waals surface area contributed by atoms with Crippen LogP contribution >= 0.6 is 22.7 Å². The van der Waals surface area contributed by atoms with Crippen molar-refractivity contribution in [1.82, 2.24) is 0 Å². The Bertz CT molecular complexity index is 292. The molecule has 2 aliphatic carbocycles. The van der Waals surface area contributed by atoms with Gasteiger partial charge in [0.25, 0.3) is 0 Å². The second-order valence-corrected chi connectivity index (χ2v) is 11.4. The molecule has 0 heterocycles. The van der Waals surface area contributed by atoms with Gasteiger partial charge in [-0.2, -0.15) is 11.1 Å². The Kier molecular flexibility index (Phi) is 3.11. The molecule has 2 unspecified atom stereocenters. The molecule has 0 saturated heterocycles. The standard InChI is InChI=1S/C11H16Cl2Si/c1-14(13,8-12)11-7-6-9-4-2-3-5-10(9)11/h3,5,11H,2,4,6-8H2,1H3. The van der Waals surface area contributed by atoms with Gasteiger partial charge in [-0.3, -0.25) is 0 Å². The van der Waals surface area contributed by atoms with E-state index in [1.54, 1.807) is 11.1 Å². The molecule has 2 atom stereocenters. The van der Waals surface area contributed by atoms with Crippen LogP contribution in [-0.2, 0) is 0 Å². The quantitative estimate of drug-likeness (QED) is 0.385. The summed E-state index contributed by atoms with van der Waals surface area (Å²) in [6.45, 7) is 2.20. The maximum Gasteiger partial charge on any atom is 0.175 e. The Morgan fingerprint density at radius 1 is 1.50 bits per heavy atom. The molecule has 0 amide bonds. The van der Waals surface area contributed by atoms with Crippen LogP contribution in [0, 0.1) is 0 Å². The molecule has 3 heteroatoms. The second-order valence-electron chi connectivity index (χ2n) is 4.50. The van der Waals surface area contributed by atoms with Crippen molar-refractivity contribution >= 4 is 30.1 Å². The summed E-state index contributed by atoms with van der Waals surface area (Å²) in [5.74, 6) is 0. The van der Waals surface area contributed by atoms with Crippen LogP contribution in [0.3, 0.4) is 0 Å². The van der Waals surface area contributed by atoms with E-state index in [1.165, 1.54) is 25.7 Å². The van der Waals surface area contributed by atoms with Crippen LogP contribution in [0.4, 0.5) is 0 Å². The van der Waals surface area contributed by atoms with E-state index >= 15 is 0 Å². The normalized spacial score (nSPS) is 30.4. The van der Waals surface area contributed by atoms with Crippen LogP contribution in [-0.4, -0.2) is 12.9 Å². The zero-order valence-electron chi connectivity index (χ0n) is 8.52. The van der Waals surface area contributed by atoms with E-state index in [0.717, 1.165) is 0 Å². The van der Waals surface area contributed by atoms with E-state index in [2.05, 4.69) is 18.7 Å². The van der Waals surface area contributed by atoms with Gasteiger partial charge in [0.15, 0.2) is 7.38 Å². The molecule has 14 heavy (non-hydrogen) atoms. The lowest BCUT2D eigenvalue weighted by Crippen LogP contribution is -2.32. The number of hydrogen-bond donors (Lipinski definition) is 0. The van der Waals surface area contributed by atoms with Gasteiger partial charge >= 0.3 is 0 Å². The van der Waals surface area contributed by atoms with Crippen LogP contribution in [0.5, 0.6) is 0 Å². The SMILES string of the molecule is C[Si](Cl)(CCl)C1CCC2=C1C=CCC2. The molecule has 78 valence electrons. The number of alkyl halides is 1. The fourth-order valence-corrected chi connectivity index (χ4v) is 5.67. The number of halogens is 2. The first-order chi connectivity index (χ1) is 6.65. The van der Waals surface area contributed by atoms with Crippen molar-refractivity contribution in [2.75, 3.05) is 5.50 Å². The predicted molar refractivity (Wildman–Crippen MR) is 66.6 cm³/mol. The van der Waals surface area contributed by atoms with Crippen molar-refractivity contribution < 1.29 is 0 Å². The molecule has 0 saturated carbocycles. The van der Waals surface area contributed by atoms with Gasteiger partial charge in [0.1, 0.15) is 0 Å². The van der Waals surface area contributed by atoms with E-state index < -0.39 is 7.38 Å². The van der Waals surface area contributed by atoms with Crippen molar-refractivity contribution in [3.63, 3.8) is 0 Å². The van der Waals surface area contributed by atoms with Gasteiger partial charge < -0.3 is 0 Å². The minimum absolute atomic E-state index is 0.605. The van der Waals surface area contributed by atoms with Crippen LogP contribution in [0.15, 0.2) is 23.3 Å². The summed E-state index contributed by atoms with van der Waals surface area (Å²) in [6, 6.07) is 0. The number of hydrogen-bond acceptors (Lipinski definition) is 0. The van der Waals surface area contributed by atoms with Gasteiger partial charge in [-0.1, -0.05) is 24.3 Å². The van der Waals surface area contributed by atoms with Crippen LogP contribution in [0.2, 0.25) is 12.1 Å². The predicted octanol–water partition coefficient (Wildman–Crippen LogP) is 4.39. The third-order valence-electron chi connectivity index (χ3n) is 3.42. The molecular formula is C11H16Cl2Si. The van der Waals surface area contributed by atoms with E-state index in [9.17, 15) is 0 Å². The van der Waals surface area contributed by atoms with Crippen LogP contribution < -0.4 is 0 Å². The summed E-state index contributed by atoms with van der Waals surface area (Å²) >= 11 is 12.6. The Morgan fingerprint density at radius 3 is 3.00 bits per heavy atom. The molecule has 0 bridgehead atoms. The first-order valence-corrected chi connectivity index (χ1v) is 9.61. The van der Waals surface area contributed by atoms with E-state index in [1.807, 2.05) is 0 Å². The maximum absolute atomic E-state index is 6.59. The van der Waals surface area contributed by atoms with Crippen molar-refractivity contribution in [1.29, 1.82) is 0 Å². The molecule has 0 aliphatic heterocycles. The van der Waals surface area contributed by atoms with Crippen molar-refractivity contribution in [3.8, 4) is 0 Å². The highest BCUT2D eigenvalue weighted by Gasteiger charge is 2.40. The minimum Gasteiger partial charge on any atom is -0.165 e. The third kappa shape index (κ3) is 1.82. The molecule has 0 radical (unpaired) electrons. The first-order valence-electron chi connectivity index (χ1n) is 5.28. The zero-order chi connectivity index (χ0) is 10.2. The van der Waals surface area contributed by atoms with Crippen molar-refractivity contribution in [3.05, 3.63) is 23.3 Å². The lowest BCUT2D eigenvalue weighted by atomic mass is 10.0. The molecule has 0 aromatic carbocycles. The van der Waals surface area contributed by atoms with Crippen molar-refractivity contribution in [2.24, 2.45) is 0 Å². The summed E-state index contributed by atoms with van der Waals surface area (Å²) in [6.07, 6.45) is 9.56. The number of allylic oxidation sites excluding steroid dienone is 4. The van der Waals surface area contributed by atoms with E-state index in [-0.39, 0.29) is 0 Å². The molecule has 0 aromatic heterocycles. The third-order valence-corrected chi connectivity index (χ3v) is 9.26.